The van der Waals surface area contributed by atoms with E-state index in [9.17, 15) is 18.0 Å². The maximum absolute atomic E-state index is 13.6. The number of hydrogen-bond acceptors (Lipinski definition) is 8. The molecule has 3 aromatic carbocycles. The molecule has 4 aromatic rings. The van der Waals surface area contributed by atoms with Gasteiger partial charge in [-0.3, -0.25) is 19.0 Å². The number of amides is 3. The summed E-state index contributed by atoms with van der Waals surface area (Å²) >= 11 is 0. The molecule has 1 aromatic heterocycles. The van der Waals surface area contributed by atoms with Gasteiger partial charge in [-0.2, -0.15) is 0 Å². The third-order valence-electron chi connectivity index (χ3n) is 8.54. The predicted molar refractivity (Wildman–Crippen MR) is 194 cm³/mol. The third-order valence-corrected chi connectivity index (χ3v) is 9.77. The van der Waals surface area contributed by atoms with Crippen LogP contribution in [0, 0.1) is 0 Å². The van der Waals surface area contributed by atoms with Crippen molar-refractivity contribution in [3.05, 3.63) is 78.1 Å². The molecule has 0 saturated carbocycles. The number of benzene rings is 3. The summed E-state index contributed by atoms with van der Waals surface area (Å²) in [6.45, 7) is 11.3. The predicted octanol–water partition coefficient (Wildman–Crippen LogP) is 5.32. The molecule has 0 radical (unpaired) electrons. The number of carbonyl (C=O) groups is 2. The lowest BCUT2D eigenvalue weighted by molar-refractivity contribution is -0.118. The maximum atomic E-state index is 13.6. The quantitative estimate of drug-likeness (QED) is 0.202. The van der Waals surface area contributed by atoms with E-state index in [4.69, 9.17) is 20.2 Å². The van der Waals surface area contributed by atoms with Gasteiger partial charge in [0.1, 0.15) is 6.04 Å². The molecule has 1 fully saturated rings. The summed E-state index contributed by atoms with van der Waals surface area (Å²) in [7, 11) is -2.63. The smallest absolute Gasteiger partial charge is 0.323 e. The molecule has 260 valence electrons. The van der Waals surface area contributed by atoms with Crippen molar-refractivity contribution in [1.29, 1.82) is 0 Å². The minimum absolute atomic E-state index is 0.0615. The number of nitrogens with one attached hydrogen (secondary N) is 2. The second-order valence-corrected chi connectivity index (χ2v) is 15.0. The molecule has 1 atom stereocenters. The third kappa shape index (κ3) is 8.12. The van der Waals surface area contributed by atoms with Crippen LogP contribution in [0.15, 0.2) is 66.9 Å². The Morgan fingerprint density at radius 3 is 2.29 bits per heavy atom. The van der Waals surface area contributed by atoms with Gasteiger partial charge < -0.3 is 25.8 Å². The van der Waals surface area contributed by atoms with Crippen molar-refractivity contribution in [1.82, 2.24) is 9.88 Å². The van der Waals surface area contributed by atoms with Crippen LogP contribution in [0.2, 0.25) is 0 Å². The van der Waals surface area contributed by atoms with E-state index in [0.29, 0.717) is 11.3 Å². The molecule has 12 nitrogen and oxygen atoms in total. The second kappa shape index (κ2) is 14.4. The number of sulfonamides is 1. The Balaban J connectivity index is 1.46. The van der Waals surface area contributed by atoms with Gasteiger partial charge in [-0.1, -0.05) is 57.2 Å². The number of ether oxygens (including phenoxy) is 2. The zero-order valence-electron chi connectivity index (χ0n) is 28.7. The zero-order valence-corrected chi connectivity index (χ0v) is 29.6. The van der Waals surface area contributed by atoms with Crippen molar-refractivity contribution in [2.75, 3.05) is 54.6 Å². The highest BCUT2D eigenvalue weighted by atomic mass is 32.2. The van der Waals surface area contributed by atoms with Crippen molar-refractivity contribution >= 4 is 49.8 Å². The molecular formula is C36H44N6O6S. The molecule has 5 rings (SSSR count). The van der Waals surface area contributed by atoms with Gasteiger partial charge in [0.25, 0.3) is 0 Å². The van der Waals surface area contributed by atoms with Gasteiger partial charge in [-0.15, -0.1) is 0 Å². The van der Waals surface area contributed by atoms with Gasteiger partial charge in [-0.25, -0.2) is 13.2 Å². The Labute approximate surface area is 287 Å². The molecule has 13 heteroatoms. The van der Waals surface area contributed by atoms with Crippen molar-refractivity contribution < 1.29 is 27.5 Å². The van der Waals surface area contributed by atoms with E-state index in [1.165, 1.54) is 14.0 Å². The van der Waals surface area contributed by atoms with E-state index in [1.807, 2.05) is 69.4 Å². The van der Waals surface area contributed by atoms with Gasteiger partial charge in [0, 0.05) is 36.8 Å². The first kappa shape index (κ1) is 35.6. The average Bonchev–Trinajstić information content (AvgIpc) is 3.04. The normalized spacial score (nSPS) is 14.7. The Morgan fingerprint density at radius 1 is 1.02 bits per heavy atom. The lowest BCUT2D eigenvalue weighted by Gasteiger charge is -2.31. The Kier molecular flexibility index (Phi) is 10.5. The summed E-state index contributed by atoms with van der Waals surface area (Å²) < 4.78 is 38.0. The summed E-state index contributed by atoms with van der Waals surface area (Å²) in [6, 6.07) is 17.3. The first-order valence-corrected chi connectivity index (χ1v) is 17.9. The van der Waals surface area contributed by atoms with Crippen LogP contribution in [0.4, 0.5) is 21.9 Å². The number of primary amides is 1. The van der Waals surface area contributed by atoms with Crippen LogP contribution in [0.1, 0.15) is 39.0 Å². The van der Waals surface area contributed by atoms with Crippen LogP contribution in [0.3, 0.4) is 0 Å². The van der Waals surface area contributed by atoms with Crippen molar-refractivity contribution in [3.8, 4) is 16.9 Å². The maximum Gasteiger partial charge on any atom is 0.323 e. The second-order valence-electron chi connectivity index (χ2n) is 13.2. The SMILES string of the molecule is COc1c(NC(=O)Nc2ccc(-c3ccc(CN4CCOCC4)nc3)c3ccccc23)cc(C(C)(C)C)cc1N(C(C)C(N)=O)S(C)(=O)=O. The van der Waals surface area contributed by atoms with Crippen LogP contribution < -0.4 is 25.4 Å². The number of nitrogens with two attached hydrogens (primary N) is 1. The first-order valence-electron chi connectivity index (χ1n) is 16.0. The monoisotopic (exact) mass is 688 g/mol. The standard InChI is InChI=1S/C36H44N6O6S/c1-23(34(37)43)42(49(6,45)46)32-20-25(36(2,3)4)19-31(33(32)47-5)40-35(44)39-30-14-13-27(28-9-7-8-10-29(28)30)24-11-12-26(38-21-24)22-41-15-17-48-18-16-41/h7-14,19-21,23H,15-18,22H2,1-6H3,(H2,37,43)(H2,39,40,44). The number of nitrogens with zero attached hydrogens (tertiary/aromatic N) is 3. The minimum Gasteiger partial charge on any atom is -0.492 e. The molecule has 49 heavy (non-hydrogen) atoms. The summed E-state index contributed by atoms with van der Waals surface area (Å²) in [4.78, 5) is 32.9. The number of morpholine rings is 1. The van der Waals surface area contributed by atoms with Gasteiger partial charge >= 0.3 is 6.03 Å². The number of hydrogen-bond donors (Lipinski definition) is 3. The lowest BCUT2D eigenvalue weighted by Crippen LogP contribution is -2.46. The summed E-state index contributed by atoms with van der Waals surface area (Å²) in [5.41, 5.74) is 9.57. The Hall–Kier alpha value is -4.72. The fourth-order valence-corrected chi connectivity index (χ4v) is 7.08. The number of rotatable bonds is 10. The fraction of sp³-hybridized carbons (Fsp3) is 0.361. The largest absolute Gasteiger partial charge is 0.492 e. The molecule has 4 N–H and O–H groups in total. The number of methoxy groups -OCH3 is 1. The van der Waals surface area contributed by atoms with Crippen molar-refractivity contribution in [2.24, 2.45) is 5.73 Å². The summed E-state index contributed by atoms with van der Waals surface area (Å²) in [6.07, 6.45) is 2.86. The molecule has 2 heterocycles. The summed E-state index contributed by atoms with van der Waals surface area (Å²) in [5.74, 6) is -0.776. The van der Waals surface area contributed by atoms with Gasteiger partial charge in [0.05, 0.1) is 49.3 Å². The van der Waals surface area contributed by atoms with E-state index in [0.717, 1.165) is 71.0 Å². The molecule has 1 aliphatic rings. The van der Waals surface area contributed by atoms with E-state index in [2.05, 4.69) is 21.6 Å². The number of urea groups is 1. The van der Waals surface area contributed by atoms with E-state index < -0.39 is 33.4 Å². The molecule has 3 amide bonds. The fourth-order valence-electron chi connectivity index (χ4n) is 5.91. The number of aromatic nitrogens is 1. The van der Waals surface area contributed by atoms with Gasteiger partial charge in [-0.05, 0) is 53.1 Å². The van der Waals surface area contributed by atoms with Crippen LogP contribution in [-0.2, 0) is 31.5 Å². The first-order chi connectivity index (χ1) is 23.2. The molecule has 1 unspecified atom stereocenters. The number of pyridine rings is 1. The number of fused-ring (bicyclic) bond motifs is 1. The lowest BCUT2D eigenvalue weighted by atomic mass is 9.86. The highest BCUT2D eigenvalue weighted by Gasteiger charge is 2.33. The molecule has 1 aliphatic heterocycles. The summed E-state index contributed by atoms with van der Waals surface area (Å²) in [5, 5.41) is 7.56. The molecule has 0 spiro atoms. The number of carbonyl (C=O) groups excluding carboxylic acids is 2. The van der Waals surface area contributed by atoms with Crippen LogP contribution in [-0.4, -0.2) is 76.0 Å². The molecule has 0 bridgehead atoms. The molecule has 0 aliphatic carbocycles. The van der Waals surface area contributed by atoms with Crippen LogP contribution in [0.5, 0.6) is 5.75 Å². The van der Waals surface area contributed by atoms with Crippen molar-refractivity contribution in [2.45, 2.75) is 45.7 Å². The highest BCUT2D eigenvalue weighted by molar-refractivity contribution is 7.92. The van der Waals surface area contributed by atoms with Crippen LogP contribution in [0.25, 0.3) is 21.9 Å². The van der Waals surface area contributed by atoms with Crippen LogP contribution >= 0.6 is 0 Å². The molecular weight excluding hydrogens is 644 g/mol. The Bertz CT molecular complexity index is 1950. The van der Waals surface area contributed by atoms with Gasteiger partial charge in [0.2, 0.25) is 15.9 Å². The van der Waals surface area contributed by atoms with Crippen molar-refractivity contribution in [3.63, 3.8) is 0 Å². The number of anilines is 3. The average molecular weight is 689 g/mol. The van der Waals surface area contributed by atoms with E-state index >= 15 is 0 Å². The minimum atomic E-state index is -4.00. The molecule has 1 saturated heterocycles. The highest BCUT2D eigenvalue weighted by Crippen LogP contribution is 2.42. The Morgan fingerprint density at radius 2 is 1.69 bits per heavy atom. The van der Waals surface area contributed by atoms with E-state index in [1.54, 1.807) is 12.1 Å². The van der Waals surface area contributed by atoms with Gasteiger partial charge in [0.15, 0.2) is 5.75 Å². The van der Waals surface area contributed by atoms with E-state index in [-0.39, 0.29) is 17.1 Å². The zero-order chi connectivity index (χ0) is 35.5. The topological polar surface area (TPSA) is 156 Å².